The lowest BCUT2D eigenvalue weighted by Gasteiger charge is -1.97. The van der Waals surface area contributed by atoms with Crippen molar-refractivity contribution >= 4 is 11.8 Å². The fourth-order valence-corrected chi connectivity index (χ4v) is 1.88. The van der Waals surface area contributed by atoms with Gasteiger partial charge in [-0.2, -0.15) is 5.26 Å². The lowest BCUT2D eigenvalue weighted by Crippen LogP contribution is -1.77. The highest BCUT2D eigenvalue weighted by molar-refractivity contribution is 7.99. The Morgan fingerprint density at radius 3 is 2.79 bits per heavy atom. The highest BCUT2D eigenvalue weighted by Gasteiger charge is 2.05. The topological polar surface area (TPSA) is 52.5 Å². The first-order valence-corrected chi connectivity index (χ1v) is 4.88. The molecule has 0 aliphatic heterocycles. The molecule has 0 bridgehead atoms. The highest BCUT2D eigenvalue weighted by Crippen LogP contribution is 2.27. The number of H-pyrrole nitrogens is 1. The third kappa shape index (κ3) is 1.78. The molecule has 0 amide bonds. The van der Waals surface area contributed by atoms with E-state index in [-0.39, 0.29) is 0 Å². The van der Waals surface area contributed by atoms with Crippen LogP contribution < -0.4 is 0 Å². The molecule has 3 nitrogen and oxygen atoms in total. The van der Waals surface area contributed by atoms with Crippen LogP contribution in [0.15, 0.2) is 46.6 Å². The van der Waals surface area contributed by atoms with Crippen LogP contribution in [0, 0.1) is 11.3 Å². The van der Waals surface area contributed by atoms with E-state index >= 15 is 0 Å². The van der Waals surface area contributed by atoms with Crippen LogP contribution in [0.1, 0.15) is 5.69 Å². The fraction of sp³-hybridized carbons (Fsp3) is 0. The van der Waals surface area contributed by atoms with Crippen LogP contribution in [0.4, 0.5) is 0 Å². The Balaban J connectivity index is 2.24. The van der Waals surface area contributed by atoms with Gasteiger partial charge in [0, 0.05) is 4.90 Å². The standard InChI is InChI=1S/C10H7N3S/c11-6-9-10(13-7-12-9)14-8-4-2-1-3-5-8/h1-5,7H,(H,12,13). The smallest absolute Gasteiger partial charge is 0.172 e. The van der Waals surface area contributed by atoms with Crippen molar-refractivity contribution < 1.29 is 0 Å². The predicted octanol–water partition coefficient (Wildman–Crippen LogP) is 2.43. The van der Waals surface area contributed by atoms with Crippen LogP contribution in [0.25, 0.3) is 0 Å². The Morgan fingerprint density at radius 1 is 1.29 bits per heavy atom. The van der Waals surface area contributed by atoms with E-state index in [9.17, 15) is 0 Å². The average Bonchev–Trinajstić information content (AvgIpc) is 2.67. The van der Waals surface area contributed by atoms with Crippen LogP contribution in [-0.2, 0) is 0 Å². The molecule has 1 heterocycles. The molecule has 1 aromatic carbocycles. The fourth-order valence-electron chi connectivity index (χ4n) is 1.05. The van der Waals surface area contributed by atoms with E-state index in [4.69, 9.17) is 5.26 Å². The number of rotatable bonds is 2. The summed E-state index contributed by atoms with van der Waals surface area (Å²) < 4.78 is 0. The Labute approximate surface area is 85.8 Å². The van der Waals surface area contributed by atoms with Crippen molar-refractivity contribution in [2.45, 2.75) is 9.92 Å². The molecule has 0 aliphatic carbocycles. The first-order chi connectivity index (χ1) is 6.90. The third-order valence-electron chi connectivity index (χ3n) is 1.67. The van der Waals surface area contributed by atoms with Gasteiger partial charge in [0.05, 0.1) is 6.33 Å². The van der Waals surface area contributed by atoms with E-state index in [1.807, 2.05) is 36.4 Å². The number of nitriles is 1. The Morgan fingerprint density at radius 2 is 2.07 bits per heavy atom. The molecule has 1 aromatic heterocycles. The van der Waals surface area contributed by atoms with Gasteiger partial charge in [-0.3, -0.25) is 0 Å². The Bertz CT molecular complexity index is 456. The van der Waals surface area contributed by atoms with Crippen LogP contribution in [0.5, 0.6) is 0 Å². The number of imidazole rings is 1. The lowest BCUT2D eigenvalue weighted by atomic mass is 10.4. The van der Waals surface area contributed by atoms with Crippen LogP contribution in [0.3, 0.4) is 0 Å². The monoisotopic (exact) mass is 201 g/mol. The van der Waals surface area contributed by atoms with Gasteiger partial charge in [0.25, 0.3) is 0 Å². The van der Waals surface area contributed by atoms with Gasteiger partial charge in [0.1, 0.15) is 11.1 Å². The molecule has 14 heavy (non-hydrogen) atoms. The van der Waals surface area contributed by atoms with Gasteiger partial charge in [0.2, 0.25) is 0 Å². The van der Waals surface area contributed by atoms with E-state index in [0.29, 0.717) is 5.69 Å². The summed E-state index contributed by atoms with van der Waals surface area (Å²) in [7, 11) is 0. The van der Waals surface area contributed by atoms with Gasteiger partial charge in [-0.1, -0.05) is 30.0 Å². The number of nitrogens with one attached hydrogen (secondary N) is 1. The summed E-state index contributed by atoms with van der Waals surface area (Å²) in [6.45, 7) is 0. The van der Waals surface area contributed by atoms with Gasteiger partial charge in [-0.25, -0.2) is 4.98 Å². The lowest BCUT2D eigenvalue weighted by molar-refractivity contribution is 1.18. The van der Waals surface area contributed by atoms with Crippen molar-refractivity contribution in [3.8, 4) is 6.07 Å². The number of aromatic nitrogens is 2. The van der Waals surface area contributed by atoms with Gasteiger partial charge < -0.3 is 4.98 Å². The van der Waals surface area contributed by atoms with Crippen molar-refractivity contribution in [1.82, 2.24) is 9.97 Å². The van der Waals surface area contributed by atoms with Crippen LogP contribution in [0.2, 0.25) is 0 Å². The molecule has 1 N–H and O–H groups in total. The van der Waals surface area contributed by atoms with Crippen molar-refractivity contribution in [2.24, 2.45) is 0 Å². The molecule has 0 saturated heterocycles. The van der Waals surface area contributed by atoms with Gasteiger partial charge in [0.15, 0.2) is 5.69 Å². The normalized spacial score (nSPS) is 9.64. The maximum absolute atomic E-state index is 8.74. The van der Waals surface area contributed by atoms with Gasteiger partial charge in [-0.15, -0.1) is 0 Å². The molecule has 0 radical (unpaired) electrons. The molecule has 2 rings (SSSR count). The van der Waals surface area contributed by atoms with Crippen molar-refractivity contribution in [3.05, 3.63) is 42.4 Å². The zero-order valence-corrected chi connectivity index (χ0v) is 8.08. The molecule has 0 atom stereocenters. The maximum Gasteiger partial charge on any atom is 0.172 e. The first kappa shape index (κ1) is 8.85. The molecule has 0 saturated carbocycles. The molecule has 0 unspecified atom stereocenters. The Hall–Kier alpha value is -1.73. The Kier molecular flexibility index (Phi) is 2.52. The number of hydrogen-bond donors (Lipinski definition) is 1. The van der Waals surface area contributed by atoms with Crippen molar-refractivity contribution in [3.63, 3.8) is 0 Å². The third-order valence-corrected chi connectivity index (χ3v) is 2.70. The van der Waals surface area contributed by atoms with Crippen molar-refractivity contribution in [1.29, 1.82) is 5.26 Å². The molecule has 4 heteroatoms. The quantitative estimate of drug-likeness (QED) is 0.811. The summed E-state index contributed by atoms with van der Waals surface area (Å²) in [5.74, 6) is 0. The molecular weight excluding hydrogens is 194 g/mol. The first-order valence-electron chi connectivity index (χ1n) is 4.06. The maximum atomic E-state index is 8.74. The molecule has 68 valence electrons. The second kappa shape index (κ2) is 3.99. The SMILES string of the molecule is N#Cc1nc[nH]c1Sc1ccccc1. The van der Waals surface area contributed by atoms with E-state index < -0.39 is 0 Å². The highest BCUT2D eigenvalue weighted by atomic mass is 32.2. The summed E-state index contributed by atoms with van der Waals surface area (Å²) in [6.07, 6.45) is 1.53. The summed E-state index contributed by atoms with van der Waals surface area (Å²) in [5.41, 5.74) is 0.443. The van der Waals surface area contributed by atoms with E-state index in [1.165, 1.54) is 18.1 Å². The number of aromatic amines is 1. The largest absolute Gasteiger partial charge is 0.338 e. The molecular formula is C10H7N3S. The van der Waals surface area contributed by atoms with Gasteiger partial charge in [-0.05, 0) is 12.1 Å². The summed E-state index contributed by atoms with van der Waals surface area (Å²) in [4.78, 5) is 7.92. The minimum atomic E-state index is 0.443. The van der Waals surface area contributed by atoms with E-state index in [0.717, 1.165) is 9.92 Å². The average molecular weight is 201 g/mol. The zero-order chi connectivity index (χ0) is 9.80. The zero-order valence-electron chi connectivity index (χ0n) is 7.27. The summed E-state index contributed by atoms with van der Waals surface area (Å²) in [6, 6.07) is 11.9. The molecule has 2 aromatic rings. The number of hydrogen-bond acceptors (Lipinski definition) is 3. The van der Waals surface area contributed by atoms with Crippen LogP contribution >= 0.6 is 11.8 Å². The minimum Gasteiger partial charge on any atom is -0.338 e. The molecule has 0 aliphatic rings. The number of nitrogens with zero attached hydrogens (tertiary/aromatic N) is 2. The second-order valence-corrected chi connectivity index (χ2v) is 3.69. The molecule has 0 spiro atoms. The van der Waals surface area contributed by atoms with E-state index in [1.54, 1.807) is 0 Å². The minimum absolute atomic E-state index is 0.443. The van der Waals surface area contributed by atoms with Gasteiger partial charge >= 0.3 is 0 Å². The molecule has 0 fully saturated rings. The second-order valence-electron chi connectivity index (χ2n) is 2.61. The predicted molar refractivity (Wildman–Crippen MR) is 53.9 cm³/mol. The summed E-state index contributed by atoms with van der Waals surface area (Å²) >= 11 is 1.50. The van der Waals surface area contributed by atoms with Crippen molar-refractivity contribution in [2.75, 3.05) is 0 Å². The summed E-state index contributed by atoms with van der Waals surface area (Å²) in [5, 5.41) is 9.53. The van der Waals surface area contributed by atoms with E-state index in [2.05, 4.69) is 9.97 Å². The number of benzene rings is 1. The van der Waals surface area contributed by atoms with Crippen LogP contribution in [-0.4, -0.2) is 9.97 Å².